The first-order valence-corrected chi connectivity index (χ1v) is 9.32. The zero-order valence-corrected chi connectivity index (χ0v) is 16.3. The van der Waals surface area contributed by atoms with Crippen molar-refractivity contribution in [2.24, 2.45) is 7.05 Å². The van der Waals surface area contributed by atoms with Crippen molar-refractivity contribution in [3.8, 4) is 5.88 Å². The van der Waals surface area contributed by atoms with Crippen molar-refractivity contribution in [2.45, 2.75) is 40.0 Å². The Bertz CT molecular complexity index is 993. The van der Waals surface area contributed by atoms with Crippen LogP contribution in [0.25, 0.3) is 0 Å². The highest BCUT2D eigenvalue weighted by atomic mass is 16.5. The molecular formula is C19H23N7O2. The molecule has 1 amide bonds. The number of aromatic nitrogens is 6. The van der Waals surface area contributed by atoms with Crippen LogP contribution in [0.2, 0.25) is 0 Å². The number of aryl methyl sites for hydroxylation is 2. The summed E-state index contributed by atoms with van der Waals surface area (Å²) in [5.41, 5.74) is 4.57. The second-order valence-electron chi connectivity index (χ2n) is 6.76. The Morgan fingerprint density at radius 3 is 2.86 bits per heavy atom. The van der Waals surface area contributed by atoms with E-state index in [1.165, 1.54) is 0 Å². The molecule has 0 aliphatic carbocycles. The third kappa shape index (κ3) is 3.23. The molecule has 0 unspecified atom stereocenters. The van der Waals surface area contributed by atoms with Crippen LogP contribution in [0.1, 0.15) is 39.9 Å². The van der Waals surface area contributed by atoms with Gasteiger partial charge in [-0.25, -0.2) is 4.98 Å². The molecule has 1 aliphatic rings. The van der Waals surface area contributed by atoms with E-state index in [9.17, 15) is 4.79 Å². The number of carbonyl (C=O) groups excluding carboxylic acids is 1. The van der Waals surface area contributed by atoms with Crippen LogP contribution >= 0.6 is 0 Å². The van der Waals surface area contributed by atoms with Crippen LogP contribution in [-0.4, -0.2) is 46.9 Å². The normalized spacial score (nSPS) is 13.5. The van der Waals surface area contributed by atoms with Gasteiger partial charge in [0.2, 0.25) is 5.88 Å². The molecule has 0 aromatic carbocycles. The van der Waals surface area contributed by atoms with Crippen LogP contribution in [0, 0.1) is 6.92 Å². The molecule has 3 aromatic rings. The summed E-state index contributed by atoms with van der Waals surface area (Å²) in [6.07, 6.45) is 7.18. The fourth-order valence-corrected chi connectivity index (χ4v) is 3.61. The van der Waals surface area contributed by atoms with Gasteiger partial charge >= 0.3 is 0 Å². The predicted molar refractivity (Wildman–Crippen MR) is 101 cm³/mol. The first kappa shape index (κ1) is 18.1. The Hall–Kier alpha value is -3.23. The molecule has 0 saturated carbocycles. The number of carbonyl (C=O) groups is 1. The van der Waals surface area contributed by atoms with Crippen LogP contribution < -0.4 is 4.74 Å². The summed E-state index contributed by atoms with van der Waals surface area (Å²) in [4.78, 5) is 23.0. The van der Waals surface area contributed by atoms with Gasteiger partial charge in [0.1, 0.15) is 12.3 Å². The minimum absolute atomic E-state index is 0.00694. The standard InChI is InChI=1S/C19H23N7O2/c1-4-26-13(2)14(9-22-26)19(27)25-8-5-17-15(11-25)16(23-24(17)3)12-28-18-10-20-6-7-21-18/h6-7,9-10H,4-5,8,11-12H2,1-3H3. The molecule has 1 aliphatic heterocycles. The number of hydrogen-bond acceptors (Lipinski definition) is 6. The third-order valence-electron chi connectivity index (χ3n) is 5.14. The highest BCUT2D eigenvalue weighted by Crippen LogP contribution is 2.25. The maximum atomic E-state index is 13.1. The molecule has 3 aromatic heterocycles. The van der Waals surface area contributed by atoms with Crippen LogP contribution in [0.4, 0.5) is 0 Å². The van der Waals surface area contributed by atoms with E-state index in [4.69, 9.17) is 4.74 Å². The van der Waals surface area contributed by atoms with Gasteiger partial charge in [-0.1, -0.05) is 0 Å². The maximum absolute atomic E-state index is 13.1. The van der Waals surface area contributed by atoms with E-state index in [1.807, 2.05) is 35.2 Å². The summed E-state index contributed by atoms with van der Waals surface area (Å²) in [5, 5.41) is 8.90. The van der Waals surface area contributed by atoms with Crippen LogP contribution in [0.5, 0.6) is 5.88 Å². The van der Waals surface area contributed by atoms with Gasteiger partial charge in [0.25, 0.3) is 5.91 Å². The Morgan fingerprint density at radius 1 is 1.29 bits per heavy atom. The fourth-order valence-electron chi connectivity index (χ4n) is 3.61. The average molecular weight is 381 g/mol. The van der Waals surface area contributed by atoms with Gasteiger partial charge in [-0.3, -0.25) is 19.1 Å². The Kier molecular flexibility index (Phi) is 4.81. The number of rotatable bonds is 5. The van der Waals surface area contributed by atoms with E-state index in [0.717, 1.165) is 35.6 Å². The molecule has 9 heteroatoms. The van der Waals surface area contributed by atoms with Gasteiger partial charge in [0.15, 0.2) is 0 Å². The van der Waals surface area contributed by atoms with Gasteiger partial charge in [-0.15, -0.1) is 0 Å². The van der Waals surface area contributed by atoms with Crippen molar-refractivity contribution in [1.29, 1.82) is 0 Å². The number of fused-ring (bicyclic) bond motifs is 1. The van der Waals surface area contributed by atoms with Crippen molar-refractivity contribution in [1.82, 2.24) is 34.4 Å². The highest BCUT2D eigenvalue weighted by Gasteiger charge is 2.29. The minimum atomic E-state index is 0.00694. The van der Waals surface area contributed by atoms with E-state index in [-0.39, 0.29) is 12.5 Å². The molecule has 9 nitrogen and oxygen atoms in total. The lowest BCUT2D eigenvalue weighted by Gasteiger charge is -2.27. The summed E-state index contributed by atoms with van der Waals surface area (Å²) in [5.74, 6) is 0.459. The maximum Gasteiger partial charge on any atom is 0.257 e. The lowest BCUT2D eigenvalue weighted by atomic mass is 10.0. The lowest BCUT2D eigenvalue weighted by Crippen LogP contribution is -2.36. The van der Waals surface area contributed by atoms with E-state index in [2.05, 4.69) is 20.2 Å². The van der Waals surface area contributed by atoms with Crippen molar-refractivity contribution >= 4 is 5.91 Å². The minimum Gasteiger partial charge on any atom is -0.470 e. The highest BCUT2D eigenvalue weighted by molar-refractivity contribution is 5.95. The first-order valence-electron chi connectivity index (χ1n) is 9.32. The molecule has 0 radical (unpaired) electrons. The van der Waals surface area contributed by atoms with E-state index >= 15 is 0 Å². The van der Waals surface area contributed by atoms with Gasteiger partial charge < -0.3 is 9.64 Å². The second kappa shape index (κ2) is 7.41. The fraction of sp³-hybridized carbons (Fsp3) is 0.421. The number of amides is 1. The van der Waals surface area contributed by atoms with Gasteiger partial charge in [-0.2, -0.15) is 10.2 Å². The SMILES string of the molecule is CCn1ncc(C(=O)N2CCc3c(c(COc4cnccn4)nn3C)C2)c1C. The molecule has 0 atom stereocenters. The molecule has 0 bridgehead atoms. The molecule has 0 spiro atoms. The Morgan fingerprint density at radius 2 is 2.14 bits per heavy atom. The molecule has 28 heavy (non-hydrogen) atoms. The summed E-state index contributed by atoms with van der Waals surface area (Å²) >= 11 is 0. The largest absolute Gasteiger partial charge is 0.470 e. The molecule has 4 rings (SSSR count). The van der Waals surface area contributed by atoms with Gasteiger partial charge in [-0.05, 0) is 13.8 Å². The van der Waals surface area contributed by atoms with Crippen molar-refractivity contribution in [3.05, 3.63) is 53.0 Å². The van der Waals surface area contributed by atoms with Crippen LogP contribution in [-0.2, 0) is 33.2 Å². The predicted octanol–water partition coefficient (Wildman–Crippen LogP) is 1.51. The second-order valence-corrected chi connectivity index (χ2v) is 6.76. The topological polar surface area (TPSA) is 91.0 Å². The number of hydrogen-bond donors (Lipinski definition) is 0. The molecule has 4 heterocycles. The number of ether oxygens (including phenoxy) is 1. The van der Waals surface area contributed by atoms with Crippen molar-refractivity contribution in [3.63, 3.8) is 0 Å². The number of nitrogens with zero attached hydrogens (tertiary/aromatic N) is 7. The van der Waals surface area contributed by atoms with E-state index in [0.29, 0.717) is 24.5 Å². The molecule has 0 saturated heterocycles. The van der Waals surface area contributed by atoms with Gasteiger partial charge in [0.05, 0.1) is 18.0 Å². The molecule has 146 valence electrons. The summed E-state index contributed by atoms with van der Waals surface area (Å²) < 4.78 is 9.44. The van der Waals surface area contributed by atoms with E-state index in [1.54, 1.807) is 24.8 Å². The average Bonchev–Trinajstić information content (AvgIpc) is 3.25. The smallest absolute Gasteiger partial charge is 0.257 e. The summed E-state index contributed by atoms with van der Waals surface area (Å²) in [6.45, 7) is 6.15. The molecular weight excluding hydrogens is 358 g/mol. The zero-order valence-electron chi connectivity index (χ0n) is 16.3. The third-order valence-corrected chi connectivity index (χ3v) is 5.14. The van der Waals surface area contributed by atoms with Gasteiger partial charge in [0, 0.05) is 62.4 Å². The quantitative estimate of drug-likeness (QED) is 0.665. The monoisotopic (exact) mass is 381 g/mol. The van der Waals surface area contributed by atoms with Crippen molar-refractivity contribution in [2.75, 3.05) is 6.54 Å². The zero-order chi connectivity index (χ0) is 19.7. The van der Waals surface area contributed by atoms with Crippen molar-refractivity contribution < 1.29 is 9.53 Å². The summed E-state index contributed by atoms with van der Waals surface area (Å²) in [6, 6.07) is 0. The van der Waals surface area contributed by atoms with Crippen LogP contribution in [0.3, 0.4) is 0 Å². The van der Waals surface area contributed by atoms with Crippen LogP contribution in [0.15, 0.2) is 24.8 Å². The lowest BCUT2D eigenvalue weighted by molar-refractivity contribution is 0.0731. The Balaban J connectivity index is 1.54. The first-order chi connectivity index (χ1) is 13.6. The van der Waals surface area contributed by atoms with E-state index < -0.39 is 0 Å². The Labute approximate surface area is 163 Å². The molecule has 0 fully saturated rings. The molecule has 0 N–H and O–H groups in total. The summed E-state index contributed by atoms with van der Waals surface area (Å²) in [7, 11) is 1.93.